The number of rotatable bonds is 5. The molecule has 0 fully saturated rings. The van der Waals surface area contributed by atoms with E-state index in [-0.39, 0.29) is 6.04 Å². The second-order valence-electron chi connectivity index (χ2n) is 4.39. The van der Waals surface area contributed by atoms with Crippen LogP contribution in [0.3, 0.4) is 0 Å². The average Bonchev–Trinajstić information content (AvgIpc) is 2.18. The molecular formula is C13H21NO. The molecule has 84 valence electrons. The Balaban J connectivity index is 2.43. The predicted molar refractivity (Wildman–Crippen MR) is 64.0 cm³/mol. The highest BCUT2D eigenvalue weighted by Crippen LogP contribution is 2.16. The van der Waals surface area contributed by atoms with Gasteiger partial charge in [-0.1, -0.05) is 26.0 Å². The van der Waals surface area contributed by atoms with Crippen LogP contribution in [0.5, 0.6) is 5.75 Å². The maximum Gasteiger partial charge on any atom is 0.119 e. The fourth-order valence-electron chi connectivity index (χ4n) is 1.28. The number of nitrogens with two attached hydrogens (primary N) is 1. The van der Waals surface area contributed by atoms with Crippen LogP contribution >= 0.6 is 0 Å². The largest absolute Gasteiger partial charge is 0.494 e. The summed E-state index contributed by atoms with van der Waals surface area (Å²) in [6.07, 6.45) is 1.09. The van der Waals surface area contributed by atoms with Gasteiger partial charge >= 0.3 is 0 Å². The first-order chi connectivity index (χ1) is 7.09. The third-order valence-corrected chi connectivity index (χ3v) is 2.37. The number of hydrogen-bond acceptors (Lipinski definition) is 2. The van der Waals surface area contributed by atoms with E-state index in [0.29, 0.717) is 5.92 Å². The normalized spacial score (nSPS) is 12.9. The highest BCUT2D eigenvalue weighted by molar-refractivity contribution is 5.28. The van der Waals surface area contributed by atoms with E-state index in [9.17, 15) is 0 Å². The highest BCUT2D eigenvalue weighted by Gasteiger charge is 2.00. The van der Waals surface area contributed by atoms with Crippen LogP contribution in [-0.4, -0.2) is 6.61 Å². The molecule has 2 N–H and O–H groups in total. The lowest BCUT2D eigenvalue weighted by molar-refractivity contribution is 0.289. The Morgan fingerprint density at radius 3 is 2.20 bits per heavy atom. The van der Waals surface area contributed by atoms with E-state index in [1.54, 1.807) is 0 Å². The molecule has 2 heteroatoms. The van der Waals surface area contributed by atoms with Gasteiger partial charge in [0, 0.05) is 6.04 Å². The molecule has 0 aliphatic heterocycles. The molecule has 15 heavy (non-hydrogen) atoms. The van der Waals surface area contributed by atoms with Crippen LogP contribution in [0.2, 0.25) is 0 Å². The summed E-state index contributed by atoms with van der Waals surface area (Å²) >= 11 is 0. The molecular weight excluding hydrogens is 186 g/mol. The summed E-state index contributed by atoms with van der Waals surface area (Å²) in [5.74, 6) is 1.62. The highest BCUT2D eigenvalue weighted by atomic mass is 16.5. The minimum Gasteiger partial charge on any atom is -0.494 e. The quantitative estimate of drug-likeness (QED) is 0.805. The predicted octanol–water partition coefficient (Wildman–Crippen LogP) is 3.13. The van der Waals surface area contributed by atoms with E-state index in [4.69, 9.17) is 10.5 Å². The topological polar surface area (TPSA) is 35.2 Å². The molecule has 1 aromatic carbocycles. The molecule has 2 nitrogen and oxygen atoms in total. The van der Waals surface area contributed by atoms with Crippen molar-refractivity contribution in [3.05, 3.63) is 29.8 Å². The van der Waals surface area contributed by atoms with Crippen molar-refractivity contribution in [3.8, 4) is 5.75 Å². The van der Waals surface area contributed by atoms with Crippen molar-refractivity contribution in [3.63, 3.8) is 0 Å². The molecule has 1 rings (SSSR count). The van der Waals surface area contributed by atoms with E-state index in [1.807, 2.05) is 31.2 Å². The number of benzene rings is 1. The lowest BCUT2D eigenvalue weighted by Crippen LogP contribution is -2.05. The van der Waals surface area contributed by atoms with Crippen molar-refractivity contribution in [2.24, 2.45) is 11.7 Å². The van der Waals surface area contributed by atoms with Gasteiger partial charge in [0.05, 0.1) is 6.61 Å². The van der Waals surface area contributed by atoms with E-state index < -0.39 is 0 Å². The third-order valence-electron chi connectivity index (χ3n) is 2.37. The maximum absolute atomic E-state index is 5.76. The molecule has 0 saturated heterocycles. The van der Waals surface area contributed by atoms with Gasteiger partial charge in [-0.15, -0.1) is 0 Å². The molecule has 0 radical (unpaired) electrons. The van der Waals surface area contributed by atoms with Crippen molar-refractivity contribution >= 4 is 0 Å². The molecule has 0 amide bonds. The zero-order valence-corrected chi connectivity index (χ0v) is 9.86. The molecule has 0 unspecified atom stereocenters. The van der Waals surface area contributed by atoms with Crippen molar-refractivity contribution in [2.75, 3.05) is 6.61 Å². The lowest BCUT2D eigenvalue weighted by Gasteiger charge is -2.09. The van der Waals surface area contributed by atoms with Crippen LogP contribution in [0.1, 0.15) is 38.8 Å². The van der Waals surface area contributed by atoms with Crippen LogP contribution in [0.15, 0.2) is 24.3 Å². The Morgan fingerprint density at radius 2 is 1.73 bits per heavy atom. The van der Waals surface area contributed by atoms with Gasteiger partial charge in [-0.2, -0.15) is 0 Å². The standard InChI is InChI=1S/C13H21NO/c1-10(2)8-9-15-13-6-4-12(5-7-13)11(3)14/h4-7,10-11H,8-9,14H2,1-3H3/t11-/m1/s1. The summed E-state index contributed by atoms with van der Waals surface area (Å²) < 4.78 is 5.61. The van der Waals surface area contributed by atoms with Gasteiger partial charge < -0.3 is 10.5 Å². The minimum absolute atomic E-state index is 0.0923. The Hall–Kier alpha value is -1.02. The van der Waals surface area contributed by atoms with Gasteiger partial charge in [0.25, 0.3) is 0 Å². The third kappa shape index (κ3) is 4.34. The monoisotopic (exact) mass is 207 g/mol. The van der Waals surface area contributed by atoms with Crippen molar-refractivity contribution in [1.82, 2.24) is 0 Å². The van der Waals surface area contributed by atoms with E-state index in [1.165, 1.54) is 0 Å². The van der Waals surface area contributed by atoms with Crippen LogP contribution in [-0.2, 0) is 0 Å². The zero-order valence-electron chi connectivity index (χ0n) is 9.86. The lowest BCUT2D eigenvalue weighted by atomic mass is 10.1. The smallest absolute Gasteiger partial charge is 0.119 e. The SMILES string of the molecule is CC(C)CCOc1ccc([C@@H](C)N)cc1. The first-order valence-corrected chi connectivity index (χ1v) is 5.58. The number of hydrogen-bond donors (Lipinski definition) is 1. The maximum atomic E-state index is 5.76. The van der Waals surface area contributed by atoms with Gasteiger partial charge in [-0.3, -0.25) is 0 Å². The Bertz CT molecular complexity index is 277. The first-order valence-electron chi connectivity index (χ1n) is 5.58. The fourth-order valence-corrected chi connectivity index (χ4v) is 1.28. The second-order valence-corrected chi connectivity index (χ2v) is 4.39. The Kier molecular flexibility index (Phi) is 4.63. The summed E-state index contributed by atoms with van der Waals surface area (Å²) in [6.45, 7) is 7.16. The van der Waals surface area contributed by atoms with E-state index in [0.717, 1.165) is 24.3 Å². The van der Waals surface area contributed by atoms with Crippen LogP contribution < -0.4 is 10.5 Å². The van der Waals surface area contributed by atoms with Crippen molar-refractivity contribution in [2.45, 2.75) is 33.2 Å². The summed E-state index contributed by atoms with van der Waals surface area (Å²) in [7, 11) is 0. The molecule has 0 aromatic heterocycles. The zero-order chi connectivity index (χ0) is 11.3. The van der Waals surface area contributed by atoms with Gasteiger partial charge in [-0.05, 0) is 37.0 Å². The van der Waals surface area contributed by atoms with Crippen LogP contribution in [0.25, 0.3) is 0 Å². The summed E-state index contributed by atoms with van der Waals surface area (Å²) in [5.41, 5.74) is 6.91. The van der Waals surface area contributed by atoms with E-state index in [2.05, 4.69) is 13.8 Å². The first kappa shape index (κ1) is 12.1. The summed E-state index contributed by atoms with van der Waals surface area (Å²) in [6, 6.07) is 8.11. The molecule has 0 aliphatic carbocycles. The molecule has 0 bridgehead atoms. The van der Waals surface area contributed by atoms with Crippen molar-refractivity contribution in [1.29, 1.82) is 0 Å². The molecule has 1 atom stereocenters. The summed E-state index contributed by atoms with van der Waals surface area (Å²) in [5, 5.41) is 0. The average molecular weight is 207 g/mol. The Labute approximate surface area is 92.4 Å². The van der Waals surface area contributed by atoms with Gasteiger partial charge in [-0.25, -0.2) is 0 Å². The van der Waals surface area contributed by atoms with Gasteiger partial charge in [0.2, 0.25) is 0 Å². The summed E-state index contributed by atoms with van der Waals surface area (Å²) in [4.78, 5) is 0. The van der Waals surface area contributed by atoms with Crippen LogP contribution in [0.4, 0.5) is 0 Å². The molecule has 0 aliphatic rings. The van der Waals surface area contributed by atoms with Crippen LogP contribution in [0, 0.1) is 5.92 Å². The molecule has 1 aromatic rings. The van der Waals surface area contributed by atoms with Gasteiger partial charge in [0.1, 0.15) is 5.75 Å². The number of ether oxygens (including phenoxy) is 1. The van der Waals surface area contributed by atoms with Crippen molar-refractivity contribution < 1.29 is 4.74 Å². The minimum atomic E-state index is 0.0923. The molecule has 0 spiro atoms. The molecule has 0 saturated carbocycles. The molecule has 0 heterocycles. The van der Waals surface area contributed by atoms with Gasteiger partial charge in [0.15, 0.2) is 0 Å². The second kappa shape index (κ2) is 5.76. The fraction of sp³-hybridized carbons (Fsp3) is 0.538. The van der Waals surface area contributed by atoms with E-state index >= 15 is 0 Å². The Morgan fingerprint density at radius 1 is 1.13 bits per heavy atom.